The van der Waals surface area contributed by atoms with Crippen LogP contribution in [0.15, 0.2) is 61.1 Å². The van der Waals surface area contributed by atoms with Crippen LogP contribution in [0.2, 0.25) is 5.02 Å². The maximum atomic E-state index is 12.7. The summed E-state index contributed by atoms with van der Waals surface area (Å²) in [5, 5.41) is 12.0. The van der Waals surface area contributed by atoms with E-state index in [9.17, 15) is 13.6 Å². The minimum Gasteiger partial charge on any atom is -0.387 e. The standard InChI is InChI=1S/C11H10F2N2O.C8H8ClN5/c12-11(13)15-10(6-9(7-16)14-15)8-4-2-1-3-5-8;1-10-6-4-7(9)8(11-5-6)14-12-2-3-13-14/h1-7,9,11,14H;2-5,10H,1H3. The molecule has 3 aromatic rings. The van der Waals surface area contributed by atoms with Gasteiger partial charge in [-0.05, 0) is 17.7 Å². The van der Waals surface area contributed by atoms with Crippen LogP contribution in [-0.4, -0.2) is 50.9 Å². The molecular weight excluding hydrogens is 416 g/mol. The number of carbonyl (C=O) groups is 1. The molecule has 1 aliphatic rings. The summed E-state index contributed by atoms with van der Waals surface area (Å²) in [6.45, 7) is -2.68. The number of halogens is 3. The average Bonchev–Trinajstić information content (AvgIpc) is 3.45. The lowest BCUT2D eigenvalue weighted by atomic mass is 10.1. The lowest BCUT2D eigenvalue weighted by Crippen LogP contribution is -2.40. The molecule has 0 bridgehead atoms. The summed E-state index contributed by atoms with van der Waals surface area (Å²) in [5.41, 5.74) is 4.24. The first-order valence-electron chi connectivity index (χ1n) is 8.79. The lowest BCUT2D eigenvalue weighted by Gasteiger charge is -2.21. The van der Waals surface area contributed by atoms with Crippen molar-refractivity contribution >= 4 is 29.3 Å². The van der Waals surface area contributed by atoms with E-state index in [0.717, 1.165) is 5.69 Å². The fourth-order valence-electron chi connectivity index (χ4n) is 2.63. The zero-order valence-corrected chi connectivity index (χ0v) is 16.5. The highest BCUT2D eigenvalue weighted by atomic mass is 35.5. The number of rotatable bonds is 5. The summed E-state index contributed by atoms with van der Waals surface area (Å²) in [6, 6.07) is 9.84. The summed E-state index contributed by atoms with van der Waals surface area (Å²) in [5.74, 6) is 0.524. The van der Waals surface area contributed by atoms with E-state index in [2.05, 4.69) is 25.9 Å². The molecule has 2 N–H and O–H groups in total. The summed E-state index contributed by atoms with van der Waals surface area (Å²) >= 11 is 6.00. The Kier molecular flexibility index (Phi) is 7.04. The SMILES string of the molecule is CNc1cnc(-n2nccn2)c(Cl)c1.O=CC1C=C(c2ccccc2)N(C(F)F)N1. The normalized spacial score (nSPS) is 15.4. The van der Waals surface area contributed by atoms with Gasteiger partial charge in [0.2, 0.25) is 0 Å². The molecule has 0 amide bonds. The van der Waals surface area contributed by atoms with E-state index in [-0.39, 0.29) is 0 Å². The number of pyridine rings is 1. The fraction of sp³-hybridized carbons (Fsp3) is 0.158. The van der Waals surface area contributed by atoms with Crippen LogP contribution in [0.3, 0.4) is 0 Å². The number of carbonyl (C=O) groups excluding carboxylic acids is 1. The molecule has 8 nitrogen and oxygen atoms in total. The van der Waals surface area contributed by atoms with E-state index in [4.69, 9.17) is 11.6 Å². The van der Waals surface area contributed by atoms with Crippen molar-refractivity contribution in [3.63, 3.8) is 0 Å². The Morgan fingerprint density at radius 2 is 1.93 bits per heavy atom. The molecule has 0 saturated carbocycles. The van der Waals surface area contributed by atoms with Crippen molar-refractivity contribution < 1.29 is 13.6 Å². The van der Waals surface area contributed by atoms with Crippen LogP contribution in [0.1, 0.15) is 5.56 Å². The monoisotopic (exact) mass is 433 g/mol. The molecule has 0 fully saturated rings. The predicted octanol–water partition coefficient (Wildman–Crippen LogP) is 3.00. The van der Waals surface area contributed by atoms with Crippen molar-refractivity contribution in [1.82, 2.24) is 30.4 Å². The van der Waals surface area contributed by atoms with Gasteiger partial charge in [0.25, 0.3) is 0 Å². The molecule has 3 heterocycles. The lowest BCUT2D eigenvalue weighted by molar-refractivity contribution is -0.110. The van der Waals surface area contributed by atoms with Gasteiger partial charge in [-0.3, -0.25) is 0 Å². The van der Waals surface area contributed by atoms with Crippen molar-refractivity contribution in [3.8, 4) is 5.82 Å². The van der Waals surface area contributed by atoms with Crippen LogP contribution in [0.25, 0.3) is 11.5 Å². The number of hydrazine groups is 1. The van der Waals surface area contributed by atoms with E-state index in [0.29, 0.717) is 33.4 Å². The number of aromatic nitrogens is 4. The molecule has 156 valence electrons. The maximum Gasteiger partial charge on any atom is 0.328 e. The van der Waals surface area contributed by atoms with Gasteiger partial charge in [0.15, 0.2) is 5.82 Å². The average molecular weight is 434 g/mol. The van der Waals surface area contributed by atoms with Gasteiger partial charge in [0, 0.05) is 7.05 Å². The molecule has 11 heteroatoms. The molecule has 0 spiro atoms. The minimum atomic E-state index is -2.68. The fourth-order valence-corrected chi connectivity index (χ4v) is 2.87. The molecule has 1 aromatic carbocycles. The molecule has 0 radical (unpaired) electrons. The second-order valence-electron chi connectivity index (χ2n) is 5.95. The quantitative estimate of drug-likeness (QED) is 0.472. The highest BCUT2D eigenvalue weighted by molar-refractivity contribution is 6.32. The highest BCUT2D eigenvalue weighted by Crippen LogP contribution is 2.25. The van der Waals surface area contributed by atoms with Crippen molar-refractivity contribution in [2.45, 2.75) is 12.6 Å². The third-order valence-corrected chi connectivity index (χ3v) is 4.29. The number of benzene rings is 1. The zero-order valence-electron chi connectivity index (χ0n) is 15.8. The Morgan fingerprint density at radius 3 is 2.50 bits per heavy atom. The van der Waals surface area contributed by atoms with Crippen LogP contribution < -0.4 is 10.7 Å². The molecular formula is C19H18ClF2N7O. The number of aldehydes is 1. The molecule has 1 atom stereocenters. The number of hydrogen-bond donors (Lipinski definition) is 2. The molecule has 2 aromatic heterocycles. The van der Waals surface area contributed by atoms with E-state index < -0.39 is 12.6 Å². The Hall–Kier alpha value is -3.37. The maximum absolute atomic E-state index is 12.7. The summed E-state index contributed by atoms with van der Waals surface area (Å²) < 4.78 is 25.4. The first-order chi connectivity index (χ1) is 14.5. The molecule has 0 saturated heterocycles. The number of hydrogen-bond acceptors (Lipinski definition) is 7. The van der Waals surface area contributed by atoms with Crippen LogP contribution in [0.5, 0.6) is 0 Å². The van der Waals surface area contributed by atoms with Crippen LogP contribution in [0.4, 0.5) is 14.5 Å². The summed E-state index contributed by atoms with van der Waals surface area (Å²) in [4.78, 5) is 16.1. The number of alkyl halides is 2. The second-order valence-corrected chi connectivity index (χ2v) is 6.36. The molecule has 30 heavy (non-hydrogen) atoms. The van der Waals surface area contributed by atoms with Gasteiger partial charge >= 0.3 is 6.55 Å². The Labute approximate surface area is 176 Å². The summed E-state index contributed by atoms with van der Waals surface area (Å²) in [7, 11) is 1.80. The van der Waals surface area contributed by atoms with Gasteiger partial charge in [0.1, 0.15) is 12.3 Å². The molecule has 4 rings (SSSR count). The van der Waals surface area contributed by atoms with Gasteiger partial charge in [-0.15, -0.1) is 4.80 Å². The third kappa shape index (κ3) is 4.97. The van der Waals surface area contributed by atoms with E-state index >= 15 is 0 Å². The Morgan fingerprint density at radius 1 is 1.23 bits per heavy atom. The topological polar surface area (TPSA) is 88.0 Å². The van der Waals surface area contributed by atoms with E-state index in [1.54, 1.807) is 62.0 Å². The number of nitrogens with one attached hydrogen (secondary N) is 2. The summed E-state index contributed by atoms with van der Waals surface area (Å²) in [6.07, 6.45) is 6.89. The zero-order chi connectivity index (χ0) is 21.5. The van der Waals surface area contributed by atoms with Crippen LogP contribution >= 0.6 is 11.6 Å². The third-order valence-electron chi connectivity index (χ3n) is 4.02. The van der Waals surface area contributed by atoms with Crippen molar-refractivity contribution in [2.75, 3.05) is 12.4 Å². The second kappa shape index (κ2) is 9.90. The molecule has 1 aliphatic heterocycles. The van der Waals surface area contributed by atoms with Crippen molar-refractivity contribution in [1.29, 1.82) is 0 Å². The Bertz CT molecular complexity index is 999. The first-order valence-corrected chi connectivity index (χ1v) is 9.17. The van der Waals surface area contributed by atoms with E-state index in [1.807, 2.05) is 0 Å². The van der Waals surface area contributed by atoms with Gasteiger partial charge in [-0.1, -0.05) is 41.9 Å². The van der Waals surface area contributed by atoms with E-state index in [1.165, 1.54) is 10.9 Å². The minimum absolute atomic E-state index is 0.327. The molecule has 1 unspecified atom stereocenters. The largest absolute Gasteiger partial charge is 0.387 e. The molecule has 0 aliphatic carbocycles. The smallest absolute Gasteiger partial charge is 0.328 e. The van der Waals surface area contributed by atoms with Gasteiger partial charge in [-0.2, -0.15) is 19.0 Å². The van der Waals surface area contributed by atoms with Gasteiger partial charge in [-0.25, -0.2) is 15.4 Å². The number of anilines is 1. The van der Waals surface area contributed by atoms with Crippen LogP contribution in [-0.2, 0) is 4.79 Å². The Balaban J connectivity index is 0.000000172. The predicted molar refractivity (Wildman–Crippen MR) is 109 cm³/mol. The highest BCUT2D eigenvalue weighted by Gasteiger charge is 2.29. The first kappa shape index (κ1) is 21.3. The van der Waals surface area contributed by atoms with Crippen LogP contribution in [0, 0.1) is 0 Å². The van der Waals surface area contributed by atoms with Crippen molar-refractivity contribution in [2.24, 2.45) is 0 Å². The van der Waals surface area contributed by atoms with Crippen molar-refractivity contribution in [3.05, 3.63) is 71.7 Å². The van der Waals surface area contributed by atoms with Gasteiger partial charge < -0.3 is 10.1 Å². The number of nitrogens with zero attached hydrogens (tertiary/aromatic N) is 5. The van der Waals surface area contributed by atoms with Gasteiger partial charge in [0.05, 0.1) is 35.0 Å².